The third kappa shape index (κ3) is 4.16. The Hall–Kier alpha value is -1.16. The predicted molar refractivity (Wildman–Crippen MR) is 76.2 cm³/mol. The van der Waals surface area contributed by atoms with Gasteiger partial charge in [0.2, 0.25) is 0 Å². The van der Waals surface area contributed by atoms with E-state index in [4.69, 9.17) is 0 Å². The van der Waals surface area contributed by atoms with Gasteiger partial charge in [-0.2, -0.15) is 5.10 Å². The second kappa shape index (κ2) is 6.85. The summed E-state index contributed by atoms with van der Waals surface area (Å²) in [6.45, 7) is 3.20. The van der Waals surface area contributed by atoms with E-state index in [-0.39, 0.29) is 0 Å². The first-order valence-corrected chi connectivity index (χ1v) is 7.46. The van der Waals surface area contributed by atoms with E-state index in [0.29, 0.717) is 24.7 Å². The highest BCUT2D eigenvalue weighted by Gasteiger charge is 2.15. The minimum atomic E-state index is 0.332. The van der Waals surface area contributed by atoms with Crippen LogP contribution in [0.25, 0.3) is 0 Å². The smallest absolute Gasteiger partial charge is 0.138 e. The Labute approximate surface area is 115 Å². The molecule has 1 saturated heterocycles. The summed E-state index contributed by atoms with van der Waals surface area (Å²) in [4.78, 5) is 12.0. The number of rotatable bonds is 6. The zero-order chi connectivity index (χ0) is 13.7. The van der Waals surface area contributed by atoms with Gasteiger partial charge < -0.3 is 5.32 Å². The molecule has 19 heavy (non-hydrogen) atoms. The molecule has 1 aromatic heterocycles. The molecule has 0 radical (unpaired) electrons. The van der Waals surface area contributed by atoms with Gasteiger partial charge in [-0.1, -0.05) is 13.3 Å². The average molecular weight is 263 g/mol. The molecule has 1 aliphatic rings. The third-order valence-electron chi connectivity index (χ3n) is 3.95. The molecule has 4 heteroatoms. The second-order valence-corrected chi connectivity index (χ2v) is 5.51. The number of aromatic nitrogens is 2. The number of carbonyl (C=O) groups excluding carboxylic acids is 1. The fourth-order valence-corrected chi connectivity index (χ4v) is 2.71. The quantitative estimate of drug-likeness (QED) is 0.854. The molecular formula is C15H25N3O. The minimum Gasteiger partial charge on any atom is -0.314 e. The van der Waals surface area contributed by atoms with Crippen LogP contribution in [0, 0.1) is 0 Å². The Bertz CT molecular complexity index is 419. The molecule has 2 heterocycles. The van der Waals surface area contributed by atoms with Crippen LogP contribution < -0.4 is 5.32 Å². The Morgan fingerprint density at radius 1 is 1.53 bits per heavy atom. The lowest BCUT2D eigenvalue weighted by Gasteiger charge is -2.22. The second-order valence-electron chi connectivity index (χ2n) is 5.51. The SMILES string of the molecule is CCc1cc(CC(=O)CCC2CCCCN2)n(C)n1. The van der Waals surface area contributed by atoms with E-state index in [2.05, 4.69) is 23.4 Å². The van der Waals surface area contributed by atoms with Crippen molar-refractivity contribution in [1.29, 1.82) is 0 Å². The maximum absolute atomic E-state index is 12.0. The van der Waals surface area contributed by atoms with Crippen LogP contribution >= 0.6 is 0 Å². The van der Waals surface area contributed by atoms with Gasteiger partial charge in [-0.05, 0) is 38.3 Å². The molecule has 1 unspecified atom stereocenters. The summed E-state index contributed by atoms with van der Waals surface area (Å²) in [5.74, 6) is 0.332. The summed E-state index contributed by atoms with van der Waals surface area (Å²) in [5, 5.41) is 7.88. The van der Waals surface area contributed by atoms with Crippen LogP contribution in [0.4, 0.5) is 0 Å². The fraction of sp³-hybridized carbons (Fsp3) is 0.733. The van der Waals surface area contributed by atoms with Crippen molar-refractivity contribution < 1.29 is 4.79 Å². The highest BCUT2D eigenvalue weighted by atomic mass is 16.1. The molecule has 4 nitrogen and oxygen atoms in total. The maximum atomic E-state index is 12.0. The van der Waals surface area contributed by atoms with Crippen molar-refractivity contribution in [3.8, 4) is 0 Å². The highest BCUT2D eigenvalue weighted by Crippen LogP contribution is 2.13. The van der Waals surface area contributed by atoms with Crippen LogP contribution in [0.5, 0.6) is 0 Å². The molecule has 0 aliphatic carbocycles. The van der Waals surface area contributed by atoms with Crippen LogP contribution in [0.15, 0.2) is 6.07 Å². The number of aryl methyl sites for hydroxylation is 2. The number of hydrogen-bond acceptors (Lipinski definition) is 3. The van der Waals surface area contributed by atoms with Crippen molar-refractivity contribution in [1.82, 2.24) is 15.1 Å². The van der Waals surface area contributed by atoms with Crippen LogP contribution in [0.2, 0.25) is 0 Å². The Kier molecular flexibility index (Phi) is 5.14. The van der Waals surface area contributed by atoms with Gasteiger partial charge in [0.1, 0.15) is 5.78 Å². The molecule has 1 fully saturated rings. The van der Waals surface area contributed by atoms with Gasteiger partial charge in [-0.3, -0.25) is 9.48 Å². The van der Waals surface area contributed by atoms with Gasteiger partial charge in [-0.25, -0.2) is 0 Å². The monoisotopic (exact) mass is 263 g/mol. The van der Waals surface area contributed by atoms with Crippen molar-refractivity contribution in [3.63, 3.8) is 0 Å². The first-order valence-electron chi connectivity index (χ1n) is 7.46. The summed E-state index contributed by atoms with van der Waals surface area (Å²) >= 11 is 0. The number of nitrogens with one attached hydrogen (secondary N) is 1. The summed E-state index contributed by atoms with van der Waals surface area (Å²) in [5.41, 5.74) is 2.11. The molecule has 1 aliphatic heterocycles. The summed E-state index contributed by atoms with van der Waals surface area (Å²) in [6.07, 6.45) is 6.91. The summed E-state index contributed by atoms with van der Waals surface area (Å²) < 4.78 is 1.84. The van der Waals surface area contributed by atoms with Crippen LogP contribution in [-0.2, 0) is 24.7 Å². The maximum Gasteiger partial charge on any atom is 0.138 e. The summed E-state index contributed by atoms with van der Waals surface area (Å²) in [7, 11) is 1.92. The Morgan fingerprint density at radius 3 is 3.00 bits per heavy atom. The average Bonchev–Trinajstić information content (AvgIpc) is 2.78. The molecule has 0 saturated carbocycles. The van der Waals surface area contributed by atoms with E-state index in [1.165, 1.54) is 19.3 Å². The van der Waals surface area contributed by atoms with Crippen LogP contribution in [0.3, 0.4) is 0 Å². The number of piperidine rings is 1. The first kappa shape index (κ1) is 14.3. The number of Topliss-reactive ketones (excluding diaryl/α,β-unsaturated/α-hetero) is 1. The Balaban J connectivity index is 1.78. The number of carbonyl (C=O) groups is 1. The molecule has 0 aromatic carbocycles. The standard InChI is InChI=1S/C15H25N3O/c1-3-12-10-14(18(2)17-12)11-15(19)8-7-13-6-4-5-9-16-13/h10,13,16H,3-9,11H2,1-2H3. The molecule has 1 N–H and O–H groups in total. The zero-order valence-corrected chi connectivity index (χ0v) is 12.1. The summed E-state index contributed by atoms with van der Waals surface area (Å²) in [6, 6.07) is 2.60. The topological polar surface area (TPSA) is 46.9 Å². The van der Waals surface area contributed by atoms with Crippen molar-refractivity contribution >= 4 is 5.78 Å². The predicted octanol–water partition coefficient (Wildman–Crippen LogP) is 2.02. The van der Waals surface area contributed by atoms with Crippen molar-refractivity contribution in [3.05, 3.63) is 17.5 Å². The van der Waals surface area contributed by atoms with Crippen LogP contribution in [-0.4, -0.2) is 28.2 Å². The largest absolute Gasteiger partial charge is 0.314 e. The normalized spacial score (nSPS) is 19.6. The van der Waals surface area contributed by atoms with E-state index in [9.17, 15) is 4.79 Å². The zero-order valence-electron chi connectivity index (χ0n) is 12.1. The molecule has 106 valence electrons. The van der Waals surface area contributed by atoms with Crippen molar-refractivity contribution in [2.75, 3.05) is 6.54 Å². The van der Waals surface area contributed by atoms with E-state index in [1.807, 2.05) is 11.7 Å². The molecule has 1 aromatic rings. The van der Waals surface area contributed by atoms with Crippen molar-refractivity contribution in [2.45, 2.75) is 57.9 Å². The number of nitrogens with zero attached hydrogens (tertiary/aromatic N) is 2. The molecule has 1 atom stereocenters. The number of ketones is 1. The lowest BCUT2D eigenvalue weighted by atomic mass is 9.98. The molecule has 2 rings (SSSR count). The van der Waals surface area contributed by atoms with E-state index in [0.717, 1.165) is 30.8 Å². The van der Waals surface area contributed by atoms with Gasteiger partial charge in [-0.15, -0.1) is 0 Å². The fourth-order valence-electron chi connectivity index (χ4n) is 2.71. The van der Waals surface area contributed by atoms with Gasteiger partial charge in [0.05, 0.1) is 5.69 Å². The minimum absolute atomic E-state index is 0.332. The van der Waals surface area contributed by atoms with Crippen LogP contribution in [0.1, 0.15) is 50.4 Å². The van der Waals surface area contributed by atoms with Gasteiger partial charge in [0, 0.05) is 31.6 Å². The Morgan fingerprint density at radius 2 is 2.37 bits per heavy atom. The molecule has 0 spiro atoms. The third-order valence-corrected chi connectivity index (χ3v) is 3.95. The van der Waals surface area contributed by atoms with Crippen molar-refractivity contribution in [2.24, 2.45) is 7.05 Å². The first-order chi connectivity index (χ1) is 9.19. The molecule has 0 amide bonds. The highest BCUT2D eigenvalue weighted by molar-refractivity contribution is 5.80. The molecular weight excluding hydrogens is 238 g/mol. The molecule has 0 bridgehead atoms. The number of hydrogen-bond donors (Lipinski definition) is 1. The van der Waals surface area contributed by atoms with E-state index in [1.54, 1.807) is 0 Å². The lowest BCUT2D eigenvalue weighted by molar-refractivity contribution is -0.118. The van der Waals surface area contributed by atoms with Gasteiger partial charge in [0.15, 0.2) is 0 Å². The van der Waals surface area contributed by atoms with Gasteiger partial charge >= 0.3 is 0 Å². The van der Waals surface area contributed by atoms with E-state index < -0.39 is 0 Å². The lowest BCUT2D eigenvalue weighted by Crippen LogP contribution is -2.34. The van der Waals surface area contributed by atoms with E-state index >= 15 is 0 Å². The van der Waals surface area contributed by atoms with Gasteiger partial charge in [0.25, 0.3) is 0 Å².